The van der Waals surface area contributed by atoms with Gasteiger partial charge in [-0.1, -0.05) is 0 Å². The van der Waals surface area contributed by atoms with E-state index in [1.807, 2.05) is 24.7 Å². The fraction of sp³-hybridized carbons (Fsp3) is 0.500. The van der Waals surface area contributed by atoms with Crippen LogP contribution in [0.15, 0.2) is 23.2 Å². The Bertz CT molecular complexity index is 872. The molecular formula is C18H25N3O3S. The Morgan fingerprint density at radius 1 is 1.20 bits per heavy atom. The summed E-state index contributed by atoms with van der Waals surface area (Å²) in [7, 11) is -2.15. The van der Waals surface area contributed by atoms with Gasteiger partial charge in [-0.2, -0.15) is 5.10 Å². The normalized spacial score (nSPS) is 14.4. The molecule has 0 radical (unpaired) electrons. The molecule has 1 aromatic carbocycles. The zero-order valence-electron chi connectivity index (χ0n) is 15.0. The number of nitrogens with one attached hydrogen (secondary N) is 1. The lowest BCUT2D eigenvalue weighted by Gasteiger charge is -2.15. The summed E-state index contributed by atoms with van der Waals surface area (Å²) < 4.78 is 35.2. The topological polar surface area (TPSA) is 73.2 Å². The smallest absolute Gasteiger partial charge is 0.244 e. The monoisotopic (exact) mass is 363 g/mol. The van der Waals surface area contributed by atoms with E-state index in [1.165, 1.54) is 31.2 Å². The Morgan fingerprint density at radius 3 is 2.68 bits per heavy atom. The Morgan fingerprint density at radius 2 is 1.92 bits per heavy atom. The van der Waals surface area contributed by atoms with Crippen LogP contribution >= 0.6 is 0 Å². The van der Waals surface area contributed by atoms with Crippen molar-refractivity contribution in [2.45, 2.75) is 51.0 Å². The number of ether oxygens (including phenoxy) is 1. The van der Waals surface area contributed by atoms with Gasteiger partial charge in [0.25, 0.3) is 0 Å². The Hall–Kier alpha value is -1.86. The third-order valence-corrected chi connectivity index (χ3v) is 6.31. The fourth-order valence-electron chi connectivity index (χ4n) is 3.24. The minimum absolute atomic E-state index is 0.181. The van der Waals surface area contributed by atoms with Crippen LogP contribution in [0, 0.1) is 13.8 Å². The summed E-state index contributed by atoms with van der Waals surface area (Å²) in [6.45, 7) is 4.65. The van der Waals surface area contributed by atoms with Crippen LogP contribution in [-0.4, -0.2) is 31.9 Å². The lowest BCUT2D eigenvalue weighted by atomic mass is 9.98. The number of rotatable bonds is 6. The van der Waals surface area contributed by atoms with Gasteiger partial charge >= 0.3 is 0 Å². The number of sulfonamides is 1. The van der Waals surface area contributed by atoms with Gasteiger partial charge in [0.1, 0.15) is 10.6 Å². The molecule has 3 rings (SSSR count). The predicted molar refractivity (Wildman–Crippen MR) is 96.5 cm³/mol. The maximum Gasteiger partial charge on any atom is 0.244 e. The second kappa shape index (κ2) is 7.17. The molecular weight excluding hydrogens is 338 g/mol. The molecule has 25 heavy (non-hydrogen) atoms. The Labute approximate surface area is 149 Å². The van der Waals surface area contributed by atoms with Crippen LogP contribution in [0.1, 0.15) is 35.2 Å². The van der Waals surface area contributed by atoms with Crippen molar-refractivity contribution >= 4 is 10.0 Å². The van der Waals surface area contributed by atoms with Crippen molar-refractivity contribution in [3.63, 3.8) is 0 Å². The minimum atomic E-state index is -3.63. The van der Waals surface area contributed by atoms with E-state index in [4.69, 9.17) is 4.74 Å². The molecule has 1 heterocycles. The molecule has 0 spiro atoms. The molecule has 0 unspecified atom stereocenters. The fourth-order valence-corrected chi connectivity index (χ4v) is 4.50. The molecule has 0 atom stereocenters. The van der Waals surface area contributed by atoms with Crippen LogP contribution in [0.2, 0.25) is 0 Å². The first kappa shape index (κ1) is 17.9. The molecule has 0 fully saturated rings. The van der Waals surface area contributed by atoms with E-state index in [0.717, 1.165) is 24.0 Å². The molecule has 1 aromatic heterocycles. The van der Waals surface area contributed by atoms with Gasteiger partial charge in [0.15, 0.2) is 0 Å². The van der Waals surface area contributed by atoms with Crippen molar-refractivity contribution in [3.8, 4) is 5.75 Å². The van der Waals surface area contributed by atoms with Crippen LogP contribution in [0.25, 0.3) is 0 Å². The highest BCUT2D eigenvalue weighted by Gasteiger charge is 2.21. The summed E-state index contributed by atoms with van der Waals surface area (Å²) in [6.07, 6.45) is 6.38. The average Bonchev–Trinajstić information content (AvgIpc) is 3.00. The highest BCUT2D eigenvalue weighted by atomic mass is 32.2. The van der Waals surface area contributed by atoms with E-state index >= 15 is 0 Å². The Kier molecular flexibility index (Phi) is 5.15. The third-order valence-electron chi connectivity index (χ3n) is 4.83. The van der Waals surface area contributed by atoms with Gasteiger partial charge < -0.3 is 4.74 Å². The number of benzene rings is 1. The van der Waals surface area contributed by atoms with E-state index in [-0.39, 0.29) is 4.90 Å². The van der Waals surface area contributed by atoms with Crippen molar-refractivity contribution in [2.75, 3.05) is 13.7 Å². The van der Waals surface area contributed by atoms with Gasteiger partial charge in [-0.05, 0) is 68.4 Å². The van der Waals surface area contributed by atoms with Crippen LogP contribution < -0.4 is 9.46 Å². The van der Waals surface area contributed by atoms with Crippen LogP contribution in [0.5, 0.6) is 5.75 Å². The number of fused-ring (bicyclic) bond motifs is 1. The molecule has 0 aliphatic heterocycles. The van der Waals surface area contributed by atoms with Crippen molar-refractivity contribution in [1.29, 1.82) is 0 Å². The number of hydrogen-bond donors (Lipinski definition) is 1. The van der Waals surface area contributed by atoms with Crippen LogP contribution in [-0.2, 0) is 29.4 Å². The zero-order chi connectivity index (χ0) is 18.0. The Balaban J connectivity index is 1.72. The van der Waals surface area contributed by atoms with Gasteiger partial charge in [-0.3, -0.25) is 4.68 Å². The third kappa shape index (κ3) is 3.72. The SMILES string of the molecule is COc1cc(C)c(C)cc1S(=O)(=O)NCCn1ncc2c1CCCC2. The van der Waals surface area contributed by atoms with Crippen molar-refractivity contribution in [3.05, 3.63) is 40.7 Å². The summed E-state index contributed by atoms with van der Waals surface area (Å²) >= 11 is 0. The van der Waals surface area contributed by atoms with E-state index in [1.54, 1.807) is 12.1 Å². The minimum Gasteiger partial charge on any atom is -0.495 e. The summed E-state index contributed by atoms with van der Waals surface area (Å²) in [5.74, 6) is 0.368. The van der Waals surface area contributed by atoms with Crippen LogP contribution in [0.3, 0.4) is 0 Å². The van der Waals surface area contributed by atoms with E-state index in [0.29, 0.717) is 18.8 Å². The van der Waals surface area contributed by atoms with Crippen molar-refractivity contribution in [2.24, 2.45) is 0 Å². The number of aryl methyl sites for hydroxylation is 3. The van der Waals surface area contributed by atoms with Gasteiger partial charge in [0.2, 0.25) is 10.0 Å². The molecule has 0 saturated heterocycles. The molecule has 1 aliphatic carbocycles. The van der Waals surface area contributed by atoms with Crippen LogP contribution in [0.4, 0.5) is 0 Å². The summed E-state index contributed by atoms with van der Waals surface area (Å²) in [4.78, 5) is 0.181. The predicted octanol–water partition coefficient (Wildman–Crippen LogP) is 2.37. The largest absolute Gasteiger partial charge is 0.495 e. The average molecular weight is 363 g/mol. The molecule has 136 valence electrons. The quantitative estimate of drug-likeness (QED) is 0.855. The van der Waals surface area contributed by atoms with Gasteiger partial charge in [0.05, 0.1) is 19.9 Å². The summed E-state index contributed by atoms with van der Waals surface area (Å²) in [5.41, 5.74) is 4.46. The van der Waals surface area contributed by atoms with Crippen molar-refractivity contribution in [1.82, 2.24) is 14.5 Å². The molecule has 0 bridgehead atoms. The van der Waals surface area contributed by atoms with Gasteiger partial charge in [-0.15, -0.1) is 0 Å². The number of aromatic nitrogens is 2. The van der Waals surface area contributed by atoms with E-state index < -0.39 is 10.0 Å². The van der Waals surface area contributed by atoms with Gasteiger partial charge in [0, 0.05) is 12.2 Å². The number of hydrogen-bond acceptors (Lipinski definition) is 4. The lowest BCUT2D eigenvalue weighted by molar-refractivity contribution is 0.401. The molecule has 0 saturated carbocycles. The second-order valence-electron chi connectivity index (χ2n) is 6.53. The molecule has 1 aliphatic rings. The number of methoxy groups -OCH3 is 1. The van der Waals surface area contributed by atoms with E-state index in [9.17, 15) is 8.42 Å². The molecule has 2 aromatic rings. The second-order valence-corrected chi connectivity index (χ2v) is 8.27. The van der Waals surface area contributed by atoms with E-state index in [2.05, 4.69) is 9.82 Å². The van der Waals surface area contributed by atoms with Gasteiger partial charge in [-0.25, -0.2) is 13.1 Å². The highest BCUT2D eigenvalue weighted by Crippen LogP contribution is 2.27. The first-order chi connectivity index (χ1) is 11.9. The first-order valence-corrected chi connectivity index (χ1v) is 10.1. The number of nitrogens with zero attached hydrogens (tertiary/aromatic N) is 2. The standard InChI is InChI=1S/C18H25N3O3S/c1-13-10-17(24-3)18(11-14(13)2)25(22,23)20-8-9-21-16-7-5-4-6-15(16)12-19-21/h10-12,20H,4-9H2,1-3H3. The molecule has 6 nitrogen and oxygen atoms in total. The lowest BCUT2D eigenvalue weighted by Crippen LogP contribution is -2.28. The maximum absolute atomic E-state index is 12.7. The first-order valence-electron chi connectivity index (χ1n) is 8.61. The highest BCUT2D eigenvalue weighted by molar-refractivity contribution is 7.89. The molecule has 0 amide bonds. The maximum atomic E-state index is 12.7. The summed E-state index contributed by atoms with van der Waals surface area (Å²) in [6, 6.07) is 3.42. The van der Waals surface area contributed by atoms with Crippen molar-refractivity contribution < 1.29 is 13.2 Å². The molecule has 1 N–H and O–H groups in total. The summed E-state index contributed by atoms with van der Waals surface area (Å²) in [5, 5.41) is 4.41. The molecule has 7 heteroatoms. The zero-order valence-corrected chi connectivity index (χ0v) is 15.8.